The lowest BCUT2D eigenvalue weighted by Gasteiger charge is -2.09. The predicted molar refractivity (Wildman–Crippen MR) is 83.7 cm³/mol. The zero-order valence-corrected chi connectivity index (χ0v) is 13.3. The van der Waals surface area contributed by atoms with Crippen LogP contribution in [0.15, 0.2) is 33.5 Å². The van der Waals surface area contributed by atoms with E-state index in [4.69, 9.17) is 9.15 Å². The van der Waals surface area contributed by atoms with Crippen molar-refractivity contribution in [3.8, 4) is 5.75 Å². The summed E-state index contributed by atoms with van der Waals surface area (Å²) in [5.74, 6) is -2.35. The first-order valence-corrected chi connectivity index (χ1v) is 7.25. The molecule has 0 unspecified atom stereocenters. The lowest BCUT2D eigenvalue weighted by Crippen LogP contribution is -2.43. The van der Waals surface area contributed by atoms with Gasteiger partial charge < -0.3 is 29.7 Å². The molecule has 2 amide bonds. The summed E-state index contributed by atoms with van der Waals surface area (Å²) >= 11 is 0. The molecule has 0 saturated heterocycles. The molecule has 0 aliphatic rings. The molecule has 0 atom stereocenters. The van der Waals surface area contributed by atoms with E-state index in [2.05, 4.69) is 5.32 Å². The largest absolute Gasteiger partial charge is 0.548 e. The molecule has 1 aromatic carbocycles. The highest BCUT2D eigenvalue weighted by atomic mass is 16.5. The number of carbonyl (C=O) groups is 3. The molecule has 0 radical (unpaired) electrons. The summed E-state index contributed by atoms with van der Waals surface area (Å²) in [5, 5.41) is 15.2. The number of carboxylic acids is 1. The highest BCUT2D eigenvalue weighted by Gasteiger charge is 2.08. The molecular weight excluding hydrogens is 332 g/mol. The molecule has 0 spiro atoms. The topological polar surface area (TPSA) is 138 Å². The van der Waals surface area contributed by atoms with E-state index in [-0.39, 0.29) is 13.2 Å². The van der Waals surface area contributed by atoms with Gasteiger partial charge in [0.2, 0.25) is 5.91 Å². The van der Waals surface area contributed by atoms with E-state index in [1.165, 1.54) is 12.1 Å². The van der Waals surface area contributed by atoms with Crippen molar-refractivity contribution in [1.82, 2.24) is 10.6 Å². The lowest BCUT2D eigenvalue weighted by molar-refractivity contribution is -0.304. The Morgan fingerprint density at radius 1 is 1.12 bits per heavy atom. The van der Waals surface area contributed by atoms with Crippen LogP contribution in [0.3, 0.4) is 0 Å². The van der Waals surface area contributed by atoms with E-state index >= 15 is 0 Å². The molecule has 132 valence electrons. The highest BCUT2D eigenvalue weighted by molar-refractivity contribution is 5.87. The second-order valence-electron chi connectivity index (χ2n) is 5.12. The molecule has 0 aliphatic carbocycles. The minimum absolute atomic E-state index is 0.317. The van der Waals surface area contributed by atoms with Crippen molar-refractivity contribution in [2.75, 3.05) is 19.7 Å². The number of aryl methyl sites for hydroxylation is 1. The Kier molecular flexibility index (Phi) is 5.72. The van der Waals surface area contributed by atoms with E-state index < -0.39 is 30.0 Å². The zero-order valence-electron chi connectivity index (χ0n) is 13.3. The van der Waals surface area contributed by atoms with Crippen LogP contribution in [-0.2, 0) is 14.4 Å². The summed E-state index contributed by atoms with van der Waals surface area (Å²) in [5.41, 5.74) is 0.616. The third kappa shape index (κ3) is 5.34. The first-order chi connectivity index (χ1) is 11.8. The van der Waals surface area contributed by atoms with Gasteiger partial charge in [0.25, 0.3) is 5.91 Å². The number of amides is 2. The average Bonchev–Trinajstić information content (AvgIpc) is 2.55. The van der Waals surface area contributed by atoms with Crippen molar-refractivity contribution in [3.63, 3.8) is 0 Å². The molecule has 1 heterocycles. The molecule has 25 heavy (non-hydrogen) atoms. The fourth-order valence-corrected chi connectivity index (χ4v) is 2.01. The maximum Gasteiger partial charge on any atom is 0.336 e. The minimum atomic E-state index is -1.43. The molecule has 2 rings (SSSR count). The van der Waals surface area contributed by atoms with E-state index in [1.807, 2.05) is 5.32 Å². The summed E-state index contributed by atoms with van der Waals surface area (Å²) in [4.78, 5) is 44.4. The first-order valence-electron chi connectivity index (χ1n) is 7.25. The van der Waals surface area contributed by atoms with Crippen LogP contribution >= 0.6 is 0 Å². The molecule has 0 aliphatic heterocycles. The summed E-state index contributed by atoms with van der Waals surface area (Å²) in [6.07, 6.45) is 0. The van der Waals surface area contributed by atoms with Gasteiger partial charge in [-0.2, -0.15) is 0 Å². The van der Waals surface area contributed by atoms with Crippen LogP contribution in [0.5, 0.6) is 5.75 Å². The van der Waals surface area contributed by atoms with Crippen LogP contribution in [0, 0.1) is 6.92 Å². The Balaban J connectivity index is 1.87. The van der Waals surface area contributed by atoms with Crippen molar-refractivity contribution >= 4 is 28.8 Å². The average molecular weight is 347 g/mol. The molecule has 2 N–H and O–H groups in total. The Morgan fingerprint density at radius 3 is 2.56 bits per heavy atom. The SMILES string of the molecule is Cc1cc(=O)oc2cc(OCC(=O)NCC(=O)NCC(=O)[O-])ccc12. The summed E-state index contributed by atoms with van der Waals surface area (Å²) < 4.78 is 10.3. The van der Waals surface area contributed by atoms with E-state index in [9.17, 15) is 24.3 Å². The van der Waals surface area contributed by atoms with Gasteiger partial charge >= 0.3 is 5.63 Å². The van der Waals surface area contributed by atoms with Crippen LogP contribution in [-0.4, -0.2) is 37.5 Å². The second kappa shape index (κ2) is 7.95. The molecule has 0 fully saturated rings. The van der Waals surface area contributed by atoms with Gasteiger partial charge in [-0.3, -0.25) is 9.59 Å². The molecule has 9 heteroatoms. The minimum Gasteiger partial charge on any atom is -0.548 e. The smallest absolute Gasteiger partial charge is 0.336 e. The summed E-state index contributed by atoms with van der Waals surface area (Å²) in [6.45, 7) is 0.391. The van der Waals surface area contributed by atoms with Gasteiger partial charge in [-0.05, 0) is 24.6 Å². The van der Waals surface area contributed by atoms with Crippen molar-refractivity contribution in [3.05, 3.63) is 40.2 Å². The Morgan fingerprint density at radius 2 is 1.84 bits per heavy atom. The fraction of sp³-hybridized carbons (Fsp3) is 0.250. The van der Waals surface area contributed by atoms with Crippen LogP contribution < -0.4 is 26.1 Å². The maximum atomic E-state index is 11.6. The number of aliphatic carboxylic acids is 1. The third-order valence-electron chi connectivity index (χ3n) is 3.17. The molecule has 0 saturated carbocycles. The van der Waals surface area contributed by atoms with Crippen LogP contribution in [0.4, 0.5) is 0 Å². The Labute approximate surface area is 141 Å². The number of ether oxygens (including phenoxy) is 1. The van der Waals surface area contributed by atoms with E-state index in [0.29, 0.717) is 11.3 Å². The molecule has 9 nitrogen and oxygen atoms in total. The number of fused-ring (bicyclic) bond motifs is 1. The van der Waals surface area contributed by atoms with Gasteiger partial charge in [-0.15, -0.1) is 0 Å². The molecule has 1 aromatic heterocycles. The van der Waals surface area contributed by atoms with Gasteiger partial charge in [0.05, 0.1) is 19.1 Å². The monoisotopic (exact) mass is 347 g/mol. The Hall–Kier alpha value is -3.36. The van der Waals surface area contributed by atoms with Gasteiger partial charge in [-0.25, -0.2) is 4.79 Å². The lowest BCUT2D eigenvalue weighted by atomic mass is 10.1. The summed E-state index contributed by atoms with van der Waals surface area (Å²) in [6, 6.07) is 6.19. The molecular formula is C16H15N2O7-. The third-order valence-corrected chi connectivity index (χ3v) is 3.17. The fourth-order valence-electron chi connectivity index (χ4n) is 2.01. The van der Waals surface area contributed by atoms with Crippen molar-refractivity contribution in [2.24, 2.45) is 0 Å². The van der Waals surface area contributed by atoms with Crippen LogP contribution in [0.25, 0.3) is 11.0 Å². The maximum absolute atomic E-state index is 11.6. The van der Waals surface area contributed by atoms with Crippen LogP contribution in [0.2, 0.25) is 0 Å². The summed E-state index contributed by atoms with van der Waals surface area (Å²) in [7, 11) is 0. The Bertz CT molecular complexity index is 872. The van der Waals surface area contributed by atoms with E-state index in [0.717, 1.165) is 10.9 Å². The number of carbonyl (C=O) groups excluding carboxylic acids is 3. The van der Waals surface area contributed by atoms with Gasteiger partial charge in [0, 0.05) is 17.5 Å². The first kappa shape index (κ1) is 18.0. The molecule has 0 bridgehead atoms. The number of carboxylic acid groups (broad SMARTS) is 1. The van der Waals surface area contributed by atoms with Crippen molar-refractivity contribution in [1.29, 1.82) is 0 Å². The number of hydrogen-bond donors (Lipinski definition) is 2. The molecule has 2 aromatic rings. The standard InChI is InChI=1S/C16H16N2O7/c1-9-4-16(23)25-12-5-10(2-3-11(9)12)24-8-14(20)17-6-13(19)18-7-15(21)22/h2-5H,6-8H2,1H3,(H,17,20)(H,18,19)(H,21,22)/p-1. The number of hydrogen-bond acceptors (Lipinski definition) is 7. The normalized spacial score (nSPS) is 10.3. The van der Waals surface area contributed by atoms with Gasteiger partial charge in [0.15, 0.2) is 6.61 Å². The highest BCUT2D eigenvalue weighted by Crippen LogP contribution is 2.22. The predicted octanol–water partition coefficient (Wildman–Crippen LogP) is -1.54. The van der Waals surface area contributed by atoms with E-state index in [1.54, 1.807) is 19.1 Å². The van der Waals surface area contributed by atoms with Crippen molar-refractivity contribution < 1.29 is 28.6 Å². The second-order valence-corrected chi connectivity index (χ2v) is 5.12. The number of nitrogens with one attached hydrogen (secondary N) is 2. The quantitative estimate of drug-likeness (QED) is 0.579. The van der Waals surface area contributed by atoms with Gasteiger partial charge in [-0.1, -0.05) is 0 Å². The van der Waals surface area contributed by atoms with Gasteiger partial charge in [0.1, 0.15) is 11.3 Å². The van der Waals surface area contributed by atoms with Crippen LogP contribution in [0.1, 0.15) is 5.56 Å². The number of benzene rings is 1. The zero-order chi connectivity index (χ0) is 18.4. The van der Waals surface area contributed by atoms with Crippen molar-refractivity contribution in [2.45, 2.75) is 6.92 Å². The number of rotatable bonds is 7.